The number of carbonyl (C=O) groups is 1. The fourth-order valence-electron chi connectivity index (χ4n) is 3.47. The Labute approximate surface area is 148 Å². The van der Waals surface area contributed by atoms with E-state index in [1.54, 1.807) is 23.1 Å². The highest BCUT2D eigenvalue weighted by molar-refractivity contribution is 5.92. The van der Waals surface area contributed by atoms with E-state index in [0.717, 1.165) is 26.2 Å². The van der Waals surface area contributed by atoms with E-state index in [2.05, 4.69) is 16.8 Å². The van der Waals surface area contributed by atoms with Gasteiger partial charge in [0.1, 0.15) is 5.82 Å². The van der Waals surface area contributed by atoms with Crippen LogP contribution in [0, 0.1) is 5.82 Å². The van der Waals surface area contributed by atoms with Gasteiger partial charge in [-0.3, -0.25) is 9.69 Å². The molecule has 0 bridgehead atoms. The number of β-amino-alcohol motifs (C(OH)–C–C–N with tert-alkyl or cyclic N) is 1. The number of halogens is 1. The molecule has 2 aliphatic rings. The van der Waals surface area contributed by atoms with Crippen LogP contribution in [0.25, 0.3) is 6.08 Å². The van der Waals surface area contributed by atoms with E-state index in [4.69, 9.17) is 0 Å². The predicted molar refractivity (Wildman–Crippen MR) is 95.5 cm³/mol. The lowest BCUT2D eigenvalue weighted by atomic mass is 10.0. The second-order valence-corrected chi connectivity index (χ2v) is 7.17. The van der Waals surface area contributed by atoms with Crippen LogP contribution in [-0.2, 0) is 4.79 Å². The van der Waals surface area contributed by atoms with Gasteiger partial charge >= 0.3 is 0 Å². The van der Waals surface area contributed by atoms with E-state index in [1.165, 1.54) is 18.2 Å². The molecule has 25 heavy (non-hydrogen) atoms. The van der Waals surface area contributed by atoms with E-state index in [9.17, 15) is 14.3 Å². The minimum absolute atomic E-state index is 0.183. The lowest BCUT2D eigenvalue weighted by molar-refractivity contribution is -0.126. The van der Waals surface area contributed by atoms with Crippen LogP contribution in [0.5, 0.6) is 0 Å². The minimum atomic E-state index is -0.850. The molecule has 5 nitrogen and oxygen atoms in total. The maximum absolute atomic E-state index is 13.6. The summed E-state index contributed by atoms with van der Waals surface area (Å²) in [4.78, 5) is 18.5. The molecule has 0 aliphatic carbocycles. The summed E-state index contributed by atoms with van der Waals surface area (Å²) >= 11 is 0. The smallest absolute Gasteiger partial charge is 0.246 e. The fourth-order valence-corrected chi connectivity index (χ4v) is 3.47. The molecule has 6 heteroatoms. The van der Waals surface area contributed by atoms with Gasteiger partial charge in [0.2, 0.25) is 5.91 Å². The second kappa shape index (κ2) is 7.64. The first-order valence-electron chi connectivity index (χ1n) is 8.80. The number of amides is 1. The molecule has 1 amide bonds. The Morgan fingerprint density at radius 1 is 1.24 bits per heavy atom. The topological polar surface area (TPSA) is 47.0 Å². The van der Waals surface area contributed by atoms with Crippen molar-refractivity contribution in [3.05, 3.63) is 41.7 Å². The zero-order valence-electron chi connectivity index (χ0n) is 14.7. The molecule has 1 N–H and O–H groups in total. The van der Waals surface area contributed by atoms with Gasteiger partial charge in [0.05, 0.1) is 12.1 Å². The highest BCUT2D eigenvalue weighted by Gasteiger charge is 2.39. The largest absolute Gasteiger partial charge is 0.387 e. The van der Waals surface area contributed by atoms with E-state index in [-0.39, 0.29) is 11.7 Å². The first-order chi connectivity index (χ1) is 12.0. The van der Waals surface area contributed by atoms with E-state index in [1.807, 2.05) is 0 Å². The Balaban J connectivity index is 1.54. The van der Waals surface area contributed by atoms with Gasteiger partial charge in [-0.15, -0.1) is 0 Å². The molecule has 1 aromatic rings. The summed E-state index contributed by atoms with van der Waals surface area (Å²) in [6, 6.07) is 6.35. The van der Waals surface area contributed by atoms with Gasteiger partial charge < -0.3 is 14.9 Å². The van der Waals surface area contributed by atoms with Crippen molar-refractivity contribution in [1.82, 2.24) is 14.7 Å². The third-order valence-electron chi connectivity index (χ3n) is 5.07. The van der Waals surface area contributed by atoms with Crippen molar-refractivity contribution in [3.63, 3.8) is 0 Å². The molecular formula is C19H26FN3O2. The van der Waals surface area contributed by atoms with Crippen molar-refractivity contribution < 1.29 is 14.3 Å². The maximum atomic E-state index is 13.6. The SMILES string of the molecule is CN1CCN(CC2(O)CCN(C(=O)C=Cc3ccccc3F)C2)CC1. The van der Waals surface area contributed by atoms with Crippen LogP contribution in [-0.4, -0.2) is 84.2 Å². The van der Waals surface area contributed by atoms with Gasteiger partial charge in [-0.2, -0.15) is 0 Å². The Kier molecular flexibility index (Phi) is 5.51. The quantitative estimate of drug-likeness (QED) is 0.827. The average molecular weight is 347 g/mol. The van der Waals surface area contributed by atoms with Gasteiger partial charge in [0.15, 0.2) is 0 Å². The third-order valence-corrected chi connectivity index (χ3v) is 5.07. The molecule has 0 aromatic heterocycles. The molecule has 0 spiro atoms. The fraction of sp³-hybridized carbons (Fsp3) is 0.526. The van der Waals surface area contributed by atoms with E-state index in [0.29, 0.717) is 31.6 Å². The highest BCUT2D eigenvalue weighted by Crippen LogP contribution is 2.23. The number of carbonyl (C=O) groups excluding carboxylic acids is 1. The maximum Gasteiger partial charge on any atom is 0.246 e. The van der Waals surface area contributed by atoms with Gasteiger partial charge in [0, 0.05) is 50.9 Å². The molecule has 2 fully saturated rings. The molecule has 1 unspecified atom stereocenters. The summed E-state index contributed by atoms with van der Waals surface area (Å²) in [5, 5.41) is 10.8. The Morgan fingerprint density at radius 3 is 2.68 bits per heavy atom. The Hall–Kier alpha value is -1.76. The highest BCUT2D eigenvalue weighted by atomic mass is 19.1. The molecule has 1 atom stereocenters. The van der Waals surface area contributed by atoms with Crippen LogP contribution in [0.1, 0.15) is 12.0 Å². The van der Waals surface area contributed by atoms with Crippen LogP contribution in [0.3, 0.4) is 0 Å². The molecule has 2 saturated heterocycles. The number of hydrogen-bond donors (Lipinski definition) is 1. The molecular weight excluding hydrogens is 321 g/mol. The minimum Gasteiger partial charge on any atom is -0.387 e. The summed E-state index contributed by atoms with van der Waals surface area (Å²) in [7, 11) is 2.10. The third kappa shape index (κ3) is 4.66. The van der Waals surface area contributed by atoms with Crippen molar-refractivity contribution in [2.45, 2.75) is 12.0 Å². The zero-order valence-corrected chi connectivity index (χ0v) is 14.7. The average Bonchev–Trinajstić information content (AvgIpc) is 2.98. The zero-order chi connectivity index (χ0) is 17.9. The van der Waals surface area contributed by atoms with E-state index < -0.39 is 5.60 Å². The number of likely N-dealkylation sites (N-methyl/N-ethyl adjacent to an activating group) is 1. The summed E-state index contributed by atoms with van der Waals surface area (Å²) in [6.07, 6.45) is 3.47. The molecule has 2 heterocycles. The molecule has 0 saturated carbocycles. The van der Waals surface area contributed by atoms with Crippen LogP contribution in [0.15, 0.2) is 30.3 Å². The summed E-state index contributed by atoms with van der Waals surface area (Å²) in [5.74, 6) is -0.530. The molecule has 0 radical (unpaired) electrons. The first-order valence-corrected chi connectivity index (χ1v) is 8.80. The van der Waals surface area contributed by atoms with Crippen LogP contribution < -0.4 is 0 Å². The lowest BCUT2D eigenvalue weighted by Gasteiger charge is -2.36. The Bertz CT molecular complexity index is 643. The number of hydrogen-bond acceptors (Lipinski definition) is 4. The number of aliphatic hydroxyl groups is 1. The number of likely N-dealkylation sites (tertiary alicyclic amines) is 1. The number of rotatable bonds is 4. The monoisotopic (exact) mass is 347 g/mol. The van der Waals surface area contributed by atoms with Crippen LogP contribution in [0.2, 0.25) is 0 Å². The normalized spacial score (nSPS) is 25.8. The van der Waals surface area contributed by atoms with Crippen molar-refractivity contribution in [2.75, 3.05) is 52.9 Å². The van der Waals surface area contributed by atoms with Gasteiger partial charge in [-0.25, -0.2) is 4.39 Å². The molecule has 1 aromatic carbocycles. The van der Waals surface area contributed by atoms with Crippen molar-refractivity contribution in [3.8, 4) is 0 Å². The second-order valence-electron chi connectivity index (χ2n) is 7.17. The number of benzene rings is 1. The van der Waals surface area contributed by atoms with Gasteiger partial charge in [-0.05, 0) is 25.6 Å². The van der Waals surface area contributed by atoms with Crippen LogP contribution >= 0.6 is 0 Å². The molecule has 3 rings (SSSR count). The summed E-state index contributed by atoms with van der Waals surface area (Å²) < 4.78 is 13.6. The Morgan fingerprint density at radius 2 is 1.96 bits per heavy atom. The van der Waals surface area contributed by atoms with Crippen LogP contribution in [0.4, 0.5) is 4.39 Å². The van der Waals surface area contributed by atoms with Crippen molar-refractivity contribution >= 4 is 12.0 Å². The standard InChI is InChI=1S/C19H26FN3O2/c1-21-10-12-22(13-11-21)14-19(25)8-9-23(15-19)18(24)7-6-16-4-2-3-5-17(16)20/h2-7,25H,8-15H2,1H3. The van der Waals surface area contributed by atoms with Gasteiger partial charge in [0.25, 0.3) is 0 Å². The molecule has 2 aliphatic heterocycles. The molecule has 136 valence electrons. The lowest BCUT2D eigenvalue weighted by Crippen LogP contribution is -2.52. The summed E-state index contributed by atoms with van der Waals surface area (Å²) in [6.45, 7) is 5.36. The van der Waals surface area contributed by atoms with Crippen molar-refractivity contribution in [2.24, 2.45) is 0 Å². The predicted octanol–water partition coefficient (Wildman–Crippen LogP) is 1.05. The van der Waals surface area contributed by atoms with Crippen molar-refractivity contribution in [1.29, 1.82) is 0 Å². The first kappa shape index (κ1) is 18.0. The number of piperazine rings is 1. The van der Waals surface area contributed by atoms with Gasteiger partial charge in [-0.1, -0.05) is 18.2 Å². The summed E-state index contributed by atoms with van der Waals surface area (Å²) in [5.41, 5.74) is -0.458. The van der Waals surface area contributed by atoms with E-state index >= 15 is 0 Å². The number of nitrogens with zero attached hydrogens (tertiary/aromatic N) is 3.